The number of halogens is 1. The van der Waals surface area contributed by atoms with Gasteiger partial charge in [0.2, 0.25) is 0 Å². The smallest absolute Gasteiger partial charge is 0.269 e. The van der Waals surface area contributed by atoms with Crippen molar-refractivity contribution in [2.24, 2.45) is 0 Å². The number of nitro groups is 1. The predicted molar refractivity (Wildman–Crippen MR) is 83.8 cm³/mol. The molecule has 0 fully saturated rings. The maximum Gasteiger partial charge on any atom is 0.269 e. The van der Waals surface area contributed by atoms with Crippen LogP contribution in [-0.2, 0) is 0 Å². The zero-order valence-electron chi connectivity index (χ0n) is 10.9. The molecule has 0 radical (unpaired) electrons. The Morgan fingerprint density at radius 3 is 2.40 bits per heavy atom. The quantitative estimate of drug-likeness (QED) is 0.500. The van der Waals surface area contributed by atoms with Gasteiger partial charge < -0.3 is 4.98 Å². The van der Waals surface area contributed by atoms with Crippen LogP contribution in [0.5, 0.6) is 0 Å². The number of hydrogen-bond acceptors (Lipinski definition) is 4. The van der Waals surface area contributed by atoms with Gasteiger partial charge in [0.1, 0.15) is 5.82 Å². The van der Waals surface area contributed by atoms with Crippen molar-refractivity contribution < 1.29 is 4.92 Å². The fourth-order valence-corrected chi connectivity index (χ4v) is 2.61. The Hall–Kier alpha value is -1.77. The van der Waals surface area contributed by atoms with Gasteiger partial charge in [-0.2, -0.15) is 0 Å². The number of nitrogens with one attached hydrogen (secondary N) is 1. The maximum absolute atomic E-state index is 11.9. The molecule has 2 rings (SSSR count). The van der Waals surface area contributed by atoms with Gasteiger partial charge in [-0.1, -0.05) is 13.8 Å². The van der Waals surface area contributed by atoms with Crippen LogP contribution in [-0.4, -0.2) is 14.9 Å². The van der Waals surface area contributed by atoms with Crippen LogP contribution < -0.4 is 5.56 Å². The van der Waals surface area contributed by atoms with Crippen LogP contribution in [0.2, 0.25) is 0 Å². The molecule has 0 aliphatic carbocycles. The molecule has 1 aromatic heterocycles. The zero-order valence-corrected chi connectivity index (χ0v) is 13.0. The Morgan fingerprint density at radius 1 is 1.30 bits per heavy atom. The van der Waals surface area contributed by atoms with Gasteiger partial charge in [-0.15, -0.1) is 0 Å². The predicted octanol–water partition coefficient (Wildman–Crippen LogP) is 3.07. The van der Waals surface area contributed by atoms with Gasteiger partial charge in [-0.3, -0.25) is 14.9 Å². The molecule has 0 unspecified atom stereocenters. The summed E-state index contributed by atoms with van der Waals surface area (Å²) in [5.41, 5.74) is 1.18. The molecule has 104 valence electrons. The van der Waals surface area contributed by atoms with Crippen molar-refractivity contribution >= 4 is 28.3 Å². The van der Waals surface area contributed by atoms with E-state index in [1.54, 1.807) is 12.1 Å². The Bertz CT molecular complexity index is 708. The third-order valence-corrected chi connectivity index (χ3v) is 3.83. The monoisotopic (exact) mass is 385 g/mol. The average molecular weight is 385 g/mol. The molecule has 1 aromatic carbocycles. The van der Waals surface area contributed by atoms with Crippen LogP contribution in [0.15, 0.2) is 29.1 Å². The van der Waals surface area contributed by atoms with E-state index >= 15 is 0 Å². The van der Waals surface area contributed by atoms with Crippen molar-refractivity contribution in [2.45, 2.75) is 19.8 Å². The summed E-state index contributed by atoms with van der Waals surface area (Å²) < 4.78 is 0.572. The van der Waals surface area contributed by atoms with E-state index in [4.69, 9.17) is 0 Å². The second kappa shape index (κ2) is 5.70. The molecule has 0 amide bonds. The van der Waals surface area contributed by atoms with Gasteiger partial charge in [-0.05, 0) is 40.6 Å². The fraction of sp³-hybridized carbons (Fsp3) is 0.231. The molecule has 20 heavy (non-hydrogen) atoms. The van der Waals surface area contributed by atoms with Crippen LogP contribution in [0.4, 0.5) is 5.69 Å². The zero-order chi connectivity index (χ0) is 14.9. The SMILES string of the molecule is CC(C)c1nc(-c2ccc([N+](=O)[O-])cc2)[nH]c(=O)c1I. The van der Waals surface area contributed by atoms with E-state index in [0.29, 0.717) is 15.0 Å². The van der Waals surface area contributed by atoms with Gasteiger partial charge in [0.05, 0.1) is 14.2 Å². The first kappa shape index (κ1) is 14.6. The fourth-order valence-electron chi connectivity index (χ4n) is 1.74. The highest BCUT2D eigenvalue weighted by molar-refractivity contribution is 14.1. The van der Waals surface area contributed by atoms with Gasteiger partial charge in [0.25, 0.3) is 11.2 Å². The average Bonchev–Trinajstić information content (AvgIpc) is 2.41. The minimum atomic E-state index is -0.465. The lowest BCUT2D eigenvalue weighted by molar-refractivity contribution is -0.384. The highest BCUT2D eigenvalue weighted by Crippen LogP contribution is 2.22. The van der Waals surface area contributed by atoms with E-state index in [1.165, 1.54) is 12.1 Å². The molecule has 0 aliphatic heterocycles. The van der Waals surface area contributed by atoms with Gasteiger partial charge in [0, 0.05) is 17.7 Å². The van der Waals surface area contributed by atoms with Crippen molar-refractivity contribution in [3.05, 3.63) is 54.0 Å². The minimum absolute atomic E-state index is 0.00527. The molecule has 1 heterocycles. The Kier molecular flexibility index (Phi) is 4.17. The van der Waals surface area contributed by atoms with Crippen molar-refractivity contribution in [3.63, 3.8) is 0 Å². The lowest BCUT2D eigenvalue weighted by Crippen LogP contribution is -2.17. The van der Waals surface area contributed by atoms with Crippen LogP contribution in [0.3, 0.4) is 0 Å². The highest BCUT2D eigenvalue weighted by atomic mass is 127. The number of H-pyrrole nitrogens is 1. The molecular formula is C13H12IN3O3. The molecule has 0 spiro atoms. The first-order valence-electron chi connectivity index (χ1n) is 5.94. The van der Waals surface area contributed by atoms with Crippen molar-refractivity contribution in [3.8, 4) is 11.4 Å². The van der Waals surface area contributed by atoms with E-state index in [1.807, 2.05) is 36.4 Å². The summed E-state index contributed by atoms with van der Waals surface area (Å²) in [4.78, 5) is 29.2. The number of aromatic nitrogens is 2. The number of benzene rings is 1. The van der Waals surface area contributed by atoms with Crippen molar-refractivity contribution in [1.82, 2.24) is 9.97 Å². The summed E-state index contributed by atoms with van der Waals surface area (Å²) >= 11 is 1.97. The summed E-state index contributed by atoms with van der Waals surface area (Å²) in [5.74, 6) is 0.551. The number of hydrogen-bond donors (Lipinski definition) is 1. The normalized spacial score (nSPS) is 10.8. The van der Waals surface area contributed by atoms with E-state index in [-0.39, 0.29) is 17.2 Å². The standard InChI is InChI=1S/C13H12IN3O3/c1-7(2)11-10(14)13(18)16-12(15-11)8-3-5-9(6-4-8)17(19)20/h3-7H,1-2H3,(H,15,16,18). The van der Waals surface area contributed by atoms with Crippen molar-refractivity contribution in [2.75, 3.05) is 0 Å². The van der Waals surface area contributed by atoms with Gasteiger partial charge in [0.15, 0.2) is 0 Å². The molecule has 0 saturated carbocycles. The van der Waals surface area contributed by atoms with Crippen LogP contribution in [0.1, 0.15) is 25.5 Å². The summed E-state index contributed by atoms with van der Waals surface area (Å²) in [6.45, 7) is 3.92. The first-order valence-corrected chi connectivity index (χ1v) is 7.02. The Labute approximate surface area is 128 Å². The largest absolute Gasteiger partial charge is 0.306 e. The number of nitrogens with zero attached hydrogens (tertiary/aromatic N) is 2. The topological polar surface area (TPSA) is 88.9 Å². The minimum Gasteiger partial charge on any atom is -0.306 e. The van der Waals surface area contributed by atoms with Crippen LogP contribution >= 0.6 is 22.6 Å². The molecule has 0 bridgehead atoms. The van der Waals surface area contributed by atoms with Gasteiger partial charge >= 0.3 is 0 Å². The number of aromatic amines is 1. The molecule has 7 heteroatoms. The summed E-state index contributed by atoms with van der Waals surface area (Å²) in [6, 6.07) is 5.94. The Balaban J connectivity index is 2.53. The van der Waals surface area contributed by atoms with Crippen LogP contribution in [0, 0.1) is 13.7 Å². The molecule has 1 N–H and O–H groups in total. The molecule has 0 saturated heterocycles. The Morgan fingerprint density at radius 2 is 1.90 bits per heavy atom. The summed E-state index contributed by atoms with van der Waals surface area (Å²) in [5, 5.41) is 10.6. The number of non-ortho nitro benzene ring substituents is 1. The first-order chi connectivity index (χ1) is 9.40. The second-order valence-electron chi connectivity index (χ2n) is 4.57. The van der Waals surface area contributed by atoms with E-state index < -0.39 is 4.92 Å². The lowest BCUT2D eigenvalue weighted by atomic mass is 10.1. The molecule has 0 atom stereocenters. The highest BCUT2D eigenvalue weighted by Gasteiger charge is 2.13. The van der Waals surface area contributed by atoms with Crippen molar-refractivity contribution in [1.29, 1.82) is 0 Å². The van der Waals surface area contributed by atoms with Gasteiger partial charge in [-0.25, -0.2) is 4.98 Å². The molecule has 2 aromatic rings. The lowest BCUT2D eigenvalue weighted by Gasteiger charge is -2.09. The number of rotatable bonds is 3. The van der Waals surface area contributed by atoms with E-state index in [2.05, 4.69) is 9.97 Å². The molecule has 6 nitrogen and oxygen atoms in total. The van der Waals surface area contributed by atoms with E-state index in [0.717, 1.165) is 5.69 Å². The third-order valence-electron chi connectivity index (χ3n) is 2.79. The molecule has 0 aliphatic rings. The summed E-state index contributed by atoms with van der Waals surface area (Å²) in [7, 11) is 0. The summed E-state index contributed by atoms with van der Waals surface area (Å²) in [6.07, 6.45) is 0. The second-order valence-corrected chi connectivity index (χ2v) is 5.65. The molecular weight excluding hydrogens is 373 g/mol. The maximum atomic E-state index is 11.9. The van der Waals surface area contributed by atoms with E-state index in [9.17, 15) is 14.9 Å². The third kappa shape index (κ3) is 2.87. The number of nitro benzene ring substituents is 1. The van der Waals surface area contributed by atoms with Crippen LogP contribution in [0.25, 0.3) is 11.4 Å².